The first-order valence-electron chi connectivity index (χ1n) is 11.9. The molecule has 3 fully saturated rings. The van der Waals surface area contributed by atoms with Gasteiger partial charge in [0.2, 0.25) is 17.7 Å². The Bertz CT molecular complexity index is 1150. The lowest BCUT2D eigenvalue weighted by Crippen LogP contribution is -2.46. The van der Waals surface area contributed by atoms with Crippen molar-refractivity contribution in [2.24, 2.45) is 0 Å². The summed E-state index contributed by atoms with van der Waals surface area (Å²) in [7, 11) is 0. The van der Waals surface area contributed by atoms with Crippen LogP contribution in [-0.4, -0.2) is 45.1 Å². The van der Waals surface area contributed by atoms with Crippen molar-refractivity contribution in [3.63, 3.8) is 0 Å². The quantitative estimate of drug-likeness (QED) is 0.589. The van der Waals surface area contributed by atoms with Crippen LogP contribution >= 0.6 is 0 Å². The average molecular weight is 486 g/mol. The molecule has 5 rings (SSSR count). The van der Waals surface area contributed by atoms with Crippen molar-refractivity contribution in [3.05, 3.63) is 65.5 Å². The first-order chi connectivity index (χ1) is 16.7. The van der Waals surface area contributed by atoms with Crippen LogP contribution in [0.25, 0.3) is 0 Å². The molecule has 2 atom stereocenters. The van der Waals surface area contributed by atoms with Gasteiger partial charge < -0.3 is 4.90 Å². The SMILES string of the molecule is O=C(CC1(c2cccc(C(F)(F)F)c2)CC(=O)N(C2CC2)C1=O)N1CCCCC1c1cccnc1. The topological polar surface area (TPSA) is 70.6 Å². The van der Waals surface area contributed by atoms with Crippen LogP contribution in [0, 0.1) is 0 Å². The number of pyridine rings is 1. The van der Waals surface area contributed by atoms with E-state index in [1.807, 2.05) is 6.07 Å². The van der Waals surface area contributed by atoms with Gasteiger partial charge in [-0.05, 0) is 55.4 Å². The molecule has 2 saturated heterocycles. The molecular formula is C26H26F3N3O3. The zero-order valence-electron chi connectivity index (χ0n) is 19.1. The van der Waals surface area contributed by atoms with Crippen molar-refractivity contribution >= 4 is 17.7 Å². The molecule has 184 valence electrons. The molecule has 0 spiro atoms. The third-order valence-corrected chi connectivity index (χ3v) is 7.35. The van der Waals surface area contributed by atoms with E-state index in [0.717, 1.165) is 37.0 Å². The molecule has 3 aliphatic rings. The first kappa shape index (κ1) is 23.5. The molecule has 1 aromatic heterocycles. The molecule has 0 radical (unpaired) electrons. The molecule has 1 saturated carbocycles. The molecule has 3 heterocycles. The van der Waals surface area contributed by atoms with E-state index in [4.69, 9.17) is 0 Å². The number of benzene rings is 1. The number of likely N-dealkylation sites (tertiary alicyclic amines) is 2. The third kappa shape index (κ3) is 4.32. The van der Waals surface area contributed by atoms with E-state index < -0.39 is 29.0 Å². The van der Waals surface area contributed by atoms with Crippen LogP contribution in [0.2, 0.25) is 0 Å². The monoisotopic (exact) mass is 485 g/mol. The maximum atomic E-state index is 13.7. The summed E-state index contributed by atoms with van der Waals surface area (Å²) in [6, 6.07) is 7.76. The van der Waals surface area contributed by atoms with Crippen LogP contribution in [0.3, 0.4) is 0 Å². The van der Waals surface area contributed by atoms with E-state index in [1.54, 1.807) is 23.4 Å². The summed E-state index contributed by atoms with van der Waals surface area (Å²) in [6.45, 7) is 0.478. The molecule has 2 unspecified atom stereocenters. The minimum Gasteiger partial charge on any atom is -0.336 e. The Kier molecular flexibility index (Phi) is 5.89. The first-order valence-corrected chi connectivity index (χ1v) is 11.9. The number of halogens is 3. The van der Waals surface area contributed by atoms with Crippen LogP contribution in [0.5, 0.6) is 0 Å². The van der Waals surface area contributed by atoms with Gasteiger partial charge in [-0.25, -0.2) is 0 Å². The average Bonchev–Trinajstić information content (AvgIpc) is 3.65. The van der Waals surface area contributed by atoms with E-state index in [1.165, 1.54) is 17.0 Å². The summed E-state index contributed by atoms with van der Waals surface area (Å²) in [5.41, 5.74) is -1.60. The highest BCUT2D eigenvalue weighted by Gasteiger charge is 2.57. The fraction of sp³-hybridized carbons (Fsp3) is 0.462. The normalized spacial score (nSPS) is 25.3. The van der Waals surface area contributed by atoms with Gasteiger partial charge in [-0.3, -0.25) is 24.3 Å². The van der Waals surface area contributed by atoms with Crippen molar-refractivity contribution in [1.29, 1.82) is 0 Å². The molecule has 2 aliphatic heterocycles. The Morgan fingerprint density at radius 2 is 1.89 bits per heavy atom. The minimum absolute atomic E-state index is 0.0668. The lowest BCUT2D eigenvalue weighted by Gasteiger charge is -2.38. The molecule has 1 aliphatic carbocycles. The van der Waals surface area contributed by atoms with E-state index in [0.29, 0.717) is 19.4 Å². The van der Waals surface area contributed by atoms with Crippen molar-refractivity contribution in [2.75, 3.05) is 6.54 Å². The van der Waals surface area contributed by atoms with E-state index in [9.17, 15) is 27.6 Å². The minimum atomic E-state index is -4.61. The summed E-state index contributed by atoms with van der Waals surface area (Å²) < 4.78 is 40.6. The number of piperidine rings is 1. The standard InChI is InChI=1S/C26H26F3N3O3/c27-26(28,29)19-7-3-6-18(13-19)25(15-23(34)32(24(25)35)20-9-10-20)14-22(33)31-12-2-1-8-21(31)17-5-4-11-30-16-17/h3-7,11,13,16,20-21H,1-2,8-10,12,14-15H2. The smallest absolute Gasteiger partial charge is 0.336 e. The lowest BCUT2D eigenvalue weighted by molar-refractivity contribution is -0.144. The molecule has 6 nitrogen and oxygen atoms in total. The Morgan fingerprint density at radius 3 is 2.57 bits per heavy atom. The Labute approximate surface area is 201 Å². The summed E-state index contributed by atoms with van der Waals surface area (Å²) in [5.74, 6) is -1.33. The van der Waals surface area contributed by atoms with Gasteiger partial charge in [0.05, 0.1) is 17.0 Å². The number of imide groups is 1. The molecule has 3 amide bonds. The summed E-state index contributed by atoms with van der Waals surface area (Å²) in [6.07, 6.45) is 1.90. The molecule has 0 N–H and O–H groups in total. The fourth-order valence-electron chi connectivity index (χ4n) is 5.43. The van der Waals surface area contributed by atoms with Crippen LogP contribution in [0.4, 0.5) is 13.2 Å². The van der Waals surface area contributed by atoms with Gasteiger partial charge in [-0.15, -0.1) is 0 Å². The number of alkyl halides is 3. The van der Waals surface area contributed by atoms with Gasteiger partial charge in [0.1, 0.15) is 0 Å². The van der Waals surface area contributed by atoms with Crippen LogP contribution in [-0.2, 0) is 26.0 Å². The molecular weight excluding hydrogens is 459 g/mol. The number of rotatable bonds is 5. The Hall–Kier alpha value is -3.23. The highest BCUT2D eigenvalue weighted by Crippen LogP contribution is 2.46. The van der Waals surface area contributed by atoms with Gasteiger partial charge in [0.25, 0.3) is 0 Å². The largest absolute Gasteiger partial charge is 0.416 e. The highest BCUT2D eigenvalue weighted by molar-refractivity contribution is 6.11. The number of carbonyl (C=O) groups is 3. The Morgan fingerprint density at radius 1 is 1.09 bits per heavy atom. The Balaban J connectivity index is 1.52. The highest BCUT2D eigenvalue weighted by atomic mass is 19.4. The number of carbonyl (C=O) groups excluding carboxylic acids is 3. The summed E-state index contributed by atoms with van der Waals surface area (Å²) in [5, 5.41) is 0. The number of hydrogen-bond acceptors (Lipinski definition) is 4. The zero-order chi connectivity index (χ0) is 24.8. The third-order valence-electron chi connectivity index (χ3n) is 7.35. The second-order valence-corrected chi connectivity index (χ2v) is 9.70. The van der Waals surface area contributed by atoms with Gasteiger partial charge in [0, 0.05) is 37.8 Å². The number of aromatic nitrogens is 1. The number of amides is 3. The molecule has 35 heavy (non-hydrogen) atoms. The van der Waals surface area contributed by atoms with Crippen LogP contribution in [0.15, 0.2) is 48.8 Å². The maximum absolute atomic E-state index is 13.7. The van der Waals surface area contributed by atoms with E-state index in [-0.39, 0.29) is 36.4 Å². The van der Waals surface area contributed by atoms with E-state index in [2.05, 4.69) is 4.98 Å². The maximum Gasteiger partial charge on any atom is 0.416 e. The second kappa shape index (κ2) is 8.77. The molecule has 0 bridgehead atoms. The van der Waals surface area contributed by atoms with Gasteiger partial charge in [-0.2, -0.15) is 13.2 Å². The molecule has 1 aromatic carbocycles. The van der Waals surface area contributed by atoms with Crippen LogP contribution in [0.1, 0.15) is 67.7 Å². The predicted molar refractivity (Wildman–Crippen MR) is 120 cm³/mol. The van der Waals surface area contributed by atoms with Crippen molar-refractivity contribution in [1.82, 2.24) is 14.8 Å². The van der Waals surface area contributed by atoms with Gasteiger partial charge >= 0.3 is 6.18 Å². The lowest BCUT2D eigenvalue weighted by atomic mass is 9.74. The summed E-state index contributed by atoms with van der Waals surface area (Å²) in [4.78, 5) is 47.4. The summed E-state index contributed by atoms with van der Waals surface area (Å²) >= 11 is 0. The van der Waals surface area contributed by atoms with Gasteiger partial charge in [0.15, 0.2) is 0 Å². The van der Waals surface area contributed by atoms with Crippen molar-refractivity contribution in [2.45, 2.75) is 68.6 Å². The van der Waals surface area contributed by atoms with E-state index >= 15 is 0 Å². The molecule has 9 heteroatoms. The number of hydrogen-bond donors (Lipinski definition) is 0. The molecule has 2 aromatic rings. The second-order valence-electron chi connectivity index (χ2n) is 9.70. The number of nitrogens with zero attached hydrogens (tertiary/aromatic N) is 3. The van der Waals surface area contributed by atoms with Crippen LogP contribution < -0.4 is 0 Å². The zero-order valence-corrected chi connectivity index (χ0v) is 19.1. The fourth-order valence-corrected chi connectivity index (χ4v) is 5.43. The van der Waals surface area contributed by atoms with Crippen molar-refractivity contribution < 1.29 is 27.6 Å². The predicted octanol–water partition coefficient (Wildman–Crippen LogP) is 4.40. The van der Waals surface area contributed by atoms with Gasteiger partial charge in [-0.1, -0.05) is 24.3 Å². The van der Waals surface area contributed by atoms with Crippen molar-refractivity contribution in [3.8, 4) is 0 Å².